The summed E-state index contributed by atoms with van der Waals surface area (Å²) in [4.78, 5) is 14.6. The average molecular weight is 335 g/mol. The van der Waals surface area contributed by atoms with Crippen LogP contribution in [0.4, 0.5) is 11.4 Å². The number of carbonyl (C=O) groups excluding carboxylic acids is 1. The third kappa shape index (κ3) is 4.17. The summed E-state index contributed by atoms with van der Waals surface area (Å²) in [6.45, 7) is 1.96. The third-order valence-electron chi connectivity index (χ3n) is 4.54. The lowest BCUT2D eigenvalue weighted by molar-refractivity contribution is 0.0819. The van der Waals surface area contributed by atoms with Crippen molar-refractivity contribution in [3.8, 4) is 6.07 Å². The highest BCUT2D eigenvalue weighted by Gasteiger charge is 2.18. The number of anilines is 2. The molecule has 0 aliphatic carbocycles. The van der Waals surface area contributed by atoms with Crippen molar-refractivity contribution in [1.82, 2.24) is 0 Å². The molecule has 0 atom stereocenters. The van der Waals surface area contributed by atoms with Crippen LogP contribution in [0.2, 0.25) is 0 Å². The van der Waals surface area contributed by atoms with Crippen molar-refractivity contribution in [3.05, 3.63) is 59.7 Å². The van der Waals surface area contributed by atoms with Crippen LogP contribution in [-0.4, -0.2) is 32.2 Å². The highest BCUT2D eigenvalue weighted by atomic mass is 16.5. The average Bonchev–Trinajstić information content (AvgIpc) is 2.68. The van der Waals surface area contributed by atoms with Crippen LogP contribution >= 0.6 is 0 Å². The smallest absolute Gasteiger partial charge is 0.255 e. The molecule has 1 amide bonds. The molecule has 1 saturated heterocycles. The van der Waals surface area contributed by atoms with Gasteiger partial charge in [0.15, 0.2) is 0 Å². The topological polar surface area (TPSA) is 65.4 Å². The van der Waals surface area contributed by atoms with Crippen molar-refractivity contribution in [1.29, 1.82) is 5.26 Å². The van der Waals surface area contributed by atoms with E-state index in [2.05, 4.69) is 10.2 Å². The van der Waals surface area contributed by atoms with Gasteiger partial charge in [-0.15, -0.1) is 0 Å². The predicted molar refractivity (Wildman–Crippen MR) is 97.8 cm³/mol. The van der Waals surface area contributed by atoms with Crippen molar-refractivity contribution < 1.29 is 9.53 Å². The standard InChI is InChI=1S/C20H21N3O2/c1-25-19-10-12-23(13-11-19)18-8-6-17(7-9-18)22-20(24)16-4-2-15(14-21)3-5-16/h2-9,19H,10-13H2,1H3,(H,22,24). The predicted octanol–water partition coefficient (Wildman–Crippen LogP) is 3.43. The van der Waals surface area contributed by atoms with Crippen molar-refractivity contribution in [2.24, 2.45) is 0 Å². The molecule has 2 aromatic carbocycles. The number of rotatable bonds is 4. The van der Waals surface area contributed by atoms with Gasteiger partial charge in [0.05, 0.1) is 17.7 Å². The van der Waals surface area contributed by atoms with Gasteiger partial charge in [-0.05, 0) is 61.4 Å². The minimum atomic E-state index is -0.182. The summed E-state index contributed by atoms with van der Waals surface area (Å²) in [6, 6.07) is 16.5. The fourth-order valence-corrected chi connectivity index (χ4v) is 3.00. The minimum absolute atomic E-state index is 0.182. The van der Waals surface area contributed by atoms with Crippen molar-refractivity contribution in [2.45, 2.75) is 18.9 Å². The Morgan fingerprint density at radius 2 is 1.76 bits per heavy atom. The van der Waals surface area contributed by atoms with Crippen LogP contribution in [0.5, 0.6) is 0 Å². The lowest BCUT2D eigenvalue weighted by Gasteiger charge is -2.33. The Bertz CT molecular complexity index is 755. The first kappa shape index (κ1) is 17.0. The zero-order valence-electron chi connectivity index (χ0n) is 14.2. The Balaban J connectivity index is 1.60. The van der Waals surface area contributed by atoms with E-state index in [9.17, 15) is 4.79 Å². The molecule has 1 fully saturated rings. The van der Waals surface area contributed by atoms with Crippen LogP contribution in [0.15, 0.2) is 48.5 Å². The summed E-state index contributed by atoms with van der Waals surface area (Å²) in [5.41, 5.74) is 2.98. The quantitative estimate of drug-likeness (QED) is 0.930. The van der Waals surface area contributed by atoms with Crippen LogP contribution in [-0.2, 0) is 4.74 Å². The summed E-state index contributed by atoms with van der Waals surface area (Å²) >= 11 is 0. The van der Waals surface area contributed by atoms with Crippen molar-refractivity contribution in [2.75, 3.05) is 30.4 Å². The maximum absolute atomic E-state index is 12.3. The van der Waals surface area contributed by atoms with Gasteiger partial charge in [-0.25, -0.2) is 0 Å². The van der Waals surface area contributed by atoms with E-state index in [1.165, 1.54) is 0 Å². The zero-order chi connectivity index (χ0) is 17.6. The van der Waals surface area contributed by atoms with Crippen molar-refractivity contribution >= 4 is 17.3 Å². The first-order valence-electron chi connectivity index (χ1n) is 8.39. The van der Waals surface area contributed by atoms with E-state index < -0.39 is 0 Å². The maximum atomic E-state index is 12.3. The van der Waals surface area contributed by atoms with Crippen LogP contribution in [0.25, 0.3) is 0 Å². The van der Waals surface area contributed by atoms with E-state index in [1.807, 2.05) is 30.3 Å². The Morgan fingerprint density at radius 1 is 1.12 bits per heavy atom. The summed E-state index contributed by atoms with van der Waals surface area (Å²) < 4.78 is 5.40. The minimum Gasteiger partial charge on any atom is -0.381 e. The number of methoxy groups -OCH3 is 1. The number of nitrogens with one attached hydrogen (secondary N) is 1. The first-order chi connectivity index (χ1) is 12.2. The largest absolute Gasteiger partial charge is 0.381 e. The molecule has 3 rings (SSSR count). The molecule has 1 aliphatic rings. The number of hydrogen-bond donors (Lipinski definition) is 1. The molecule has 1 aliphatic heterocycles. The molecular formula is C20H21N3O2. The van der Waals surface area contributed by atoms with Gasteiger partial charge in [0, 0.05) is 37.1 Å². The van der Waals surface area contributed by atoms with Gasteiger partial charge in [0.1, 0.15) is 0 Å². The SMILES string of the molecule is COC1CCN(c2ccc(NC(=O)c3ccc(C#N)cc3)cc2)CC1. The summed E-state index contributed by atoms with van der Waals surface area (Å²) in [5.74, 6) is -0.182. The van der Waals surface area contributed by atoms with E-state index in [1.54, 1.807) is 31.4 Å². The third-order valence-corrected chi connectivity index (χ3v) is 4.54. The zero-order valence-corrected chi connectivity index (χ0v) is 14.2. The van der Waals surface area contributed by atoms with Gasteiger partial charge in [-0.1, -0.05) is 0 Å². The van der Waals surface area contributed by atoms with Gasteiger partial charge in [0.25, 0.3) is 5.91 Å². The Hall–Kier alpha value is -2.84. The van der Waals surface area contributed by atoms with E-state index >= 15 is 0 Å². The monoisotopic (exact) mass is 335 g/mol. The number of ether oxygens (including phenoxy) is 1. The molecule has 0 aromatic heterocycles. The van der Waals surface area contributed by atoms with Crippen LogP contribution in [0.3, 0.4) is 0 Å². The van der Waals surface area contributed by atoms with E-state index in [0.717, 1.165) is 37.3 Å². The summed E-state index contributed by atoms with van der Waals surface area (Å²) in [7, 11) is 1.77. The molecule has 0 saturated carbocycles. The van der Waals surface area contributed by atoms with Gasteiger partial charge < -0.3 is 15.0 Å². The van der Waals surface area contributed by atoms with Crippen LogP contribution in [0, 0.1) is 11.3 Å². The molecule has 1 N–H and O–H groups in total. The molecular weight excluding hydrogens is 314 g/mol. The summed E-state index contributed by atoms with van der Waals surface area (Å²) in [5, 5.41) is 11.7. The molecule has 5 heteroatoms. The highest BCUT2D eigenvalue weighted by molar-refractivity contribution is 6.04. The Morgan fingerprint density at radius 3 is 2.32 bits per heavy atom. The molecule has 25 heavy (non-hydrogen) atoms. The van der Waals surface area contributed by atoms with Gasteiger partial charge in [0.2, 0.25) is 0 Å². The second-order valence-electron chi connectivity index (χ2n) is 6.11. The fraction of sp³-hybridized carbons (Fsp3) is 0.300. The van der Waals surface area contributed by atoms with Gasteiger partial charge in [-0.3, -0.25) is 4.79 Å². The van der Waals surface area contributed by atoms with E-state index in [0.29, 0.717) is 17.2 Å². The number of nitrogens with zero attached hydrogens (tertiary/aromatic N) is 2. The maximum Gasteiger partial charge on any atom is 0.255 e. The molecule has 1 heterocycles. The number of nitriles is 1. The second-order valence-corrected chi connectivity index (χ2v) is 6.11. The Kier molecular flexibility index (Phi) is 5.32. The number of benzene rings is 2. The second kappa shape index (κ2) is 7.82. The number of amides is 1. The normalized spacial score (nSPS) is 14.8. The van der Waals surface area contributed by atoms with Gasteiger partial charge in [-0.2, -0.15) is 5.26 Å². The van der Waals surface area contributed by atoms with Crippen LogP contribution in [0.1, 0.15) is 28.8 Å². The molecule has 0 unspecified atom stereocenters. The van der Waals surface area contributed by atoms with E-state index in [-0.39, 0.29) is 5.91 Å². The lowest BCUT2D eigenvalue weighted by Crippen LogP contribution is -2.36. The molecule has 0 radical (unpaired) electrons. The fourth-order valence-electron chi connectivity index (χ4n) is 3.00. The first-order valence-corrected chi connectivity index (χ1v) is 8.39. The van der Waals surface area contributed by atoms with Gasteiger partial charge >= 0.3 is 0 Å². The molecule has 5 nitrogen and oxygen atoms in total. The Labute approximate surface area is 147 Å². The van der Waals surface area contributed by atoms with Crippen molar-refractivity contribution in [3.63, 3.8) is 0 Å². The highest BCUT2D eigenvalue weighted by Crippen LogP contribution is 2.23. The summed E-state index contributed by atoms with van der Waals surface area (Å²) in [6.07, 6.45) is 2.43. The van der Waals surface area contributed by atoms with E-state index in [4.69, 9.17) is 10.00 Å². The number of piperidine rings is 1. The molecule has 0 bridgehead atoms. The molecule has 2 aromatic rings. The van der Waals surface area contributed by atoms with Crippen LogP contribution < -0.4 is 10.2 Å². The number of carbonyl (C=O) groups is 1. The lowest BCUT2D eigenvalue weighted by atomic mass is 10.1. The molecule has 128 valence electrons. The number of hydrogen-bond acceptors (Lipinski definition) is 4. The molecule has 0 spiro atoms.